The third kappa shape index (κ3) is 2.05. The first-order chi connectivity index (χ1) is 7.29. The van der Waals surface area contributed by atoms with Gasteiger partial charge >= 0.3 is 0 Å². The summed E-state index contributed by atoms with van der Waals surface area (Å²) in [5.74, 6) is 0.0369. The average molecular weight is 202 g/mol. The lowest BCUT2D eigenvalue weighted by Crippen LogP contribution is -2.22. The van der Waals surface area contributed by atoms with E-state index in [1.54, 1.807) is 18.5 Å². The number of nitrogens with one attached hydrogen (secondary N) is 2. The summed E-state index contributed by atoms with van der Waals surface area (Å²) in [6.45, 7) is 0.596. The fourth-order valence-corrected chi connectivity index (χ4v) is 1.53. The smallest absolute Gasteiger partial charge is 0.222 e. The van der Waals surface area contributed by atoms with Crippen LogP contribution in [0.4, 0.5) is 5.69 Å². The van der Waals surface area contributed by atoms with Gasteiger partial charge in [-0.3, -0.25) is 9.78 Å². The normalized spacial score (nSPS) is 19.4. The number of rotatable bonds is 2. The van der Waals surface area contributed by atoms with E-state index in [2.05, 4.69) is 21.7 Å². The second kappa shape index (κ2) is 3.96. The van der Waals surface area contributed by atoms with Crippen molar-refractivity contribution in [2.75, 3.05) is 11.9 Å². The van der Waals surface area contributed by atoms with Gasteiger partial charge in [0.15, 0.2) is 0 Å². The Morgan fingerprint density at radius 3 is 3.20 bits per heavy atom. The number of aromatic nitrogens is 1. The van der Waals surface area contributed by atoms with E-state index in [-0.39, 0.29) is 11.9 Å². The Labute approximate surface area is 87.1 Å². The molecule has 2 rings (SSSR count). The van der Waals surface area contributed by atoms with E-state index in [0.717, 1.165) is 0 Å². The molecule has 1 fully saturated rings. The van der Waals surface area contributed by atoms with Crippen LogP contribution >= 0.6 is 0 Å². The molecule has 0 aliphatic carbocycles. The number of carbonyl (C=O) groups excluding carboxylic acids is 1. The summed E-state index contributed by atoms with van der Waals surface area (Å²) in [5.41, 5.74) is 1.23. The summed E-state index contributed by atoms with van der Waals surface area (Å²) in [7, 11) is 0. The van der Waals surface area contributed by atoms with E-state index < -0.39 is 0 Å². The van der Waals surface area contributed by atoms with Crippen LogP contribution in [0.25, 0.3) is 0 Å². The summed E-state index contributed by atoms with van der Waals surface area (Å²) in [5, 5.41) is 14.7. The van der Waals surface area contributed by atoms with Gasteiger partial charge in [0.2, 0.25) is 5.91 Å². The summed E-state index contributed by atoms with van der Waals surface area (Å²) in [4.78, 5) is 14.9. The molecule has 0 radical (unpaired) electrons. The zero-order valence-electron chi connectivity index (χ0n) is 8.03. The molecule has 2 N–H and O–H groups in total. The molecule has 15 heavy (non-hydrogen) atoms. The number of nitriles is 1. The largest absolute Gasteiger partial charge is 0.378 e. The van der Waals surface area contributed by atoms with Crippen molar-refractivity contribution < 1.29 is 4.79 Å². The monoisotopic (exact) mass is 202 g/mol. The number of nitrogens with zero attached hydrogens (tertiary/aromatic N) is 2. The van der Waals surface area contributed by atoms with Crippen molar-refractivity contribution in [2.24, 2.45) is 0 Å². The number of carbonyl (C=O) groups is 1. The summed E-state index contributed by atoms with van der Waals surface area (Å²) >= 11 is 0. The van der Waals surface area contributed by atoms with E-state index in [1.165, 1.54) is 0 Å². The first kappa shape index (κ1) is 9.46. The van der Waals surface area contributed by atoms with E-state index in [1.807, 2.05) is 0 Å². The lowest BCUT2D eigenvalue weighted by atomic mass is 10.2. The molecule has 1 saturated heterocycles. The van der Waals surface area contributed by atoms with Crippen molar-refractivity contribution in [3.63, 3.8) is 0 Å². The third-order valence-electron chi connectivity index (χ3n) is 2.28. The number of hydrogen-bond acceptors (Lipinski definition) is 4. The molecule has 1 unspecified atom stereocenters. The molecule has 1 aliphatic rings. The number of hydrogen-bond donors (Lipinski definition) is 2. The fourth-order valence-electron chi connectivity index (χ4n) is 1.53. The standard InChI is InChI=1S/C10H10N4O/c11-4-7-1-2-12-6-9(7)14-8-3-10(15)13-5-8/h1-2,6,8,14H,3,5H2,(H,13,15). The Hall–Kier alpha value is -2.09. The second-order valence-corrected chi connectivity index (χ2v) is 3.38. The molecule has 1 aliphatic heterocycles. The zero-order valence-corrected chi connectivity index (χ0v) is 8.03. The van der Waals surface area contributed by atoms with Crippen molar-refractivity contribution in [1.29, 1.82) is 5.26 Å². The molecule has 1 aromatic rings. The van der Waals surface area contributed by atoms with Crippen LogP contribution in [0.3, 0.4) is 0 Å². The van der Waals surface area contributed by atoms with Crippen molar-refractivity contribution in [1.82, 2.24) is 10.3 Å². The highest BCUT2D eigenvalue weighted by molar-refractivity contribution is 5.79. The molecule has 0 aromatic carbocycles. The molecule has 5 heteroatoms. The molecule has 2 heterocycles. The second-order valence-electron chi connectivity index (χ2n) is 3.38. The Bertz CT molecular complexity index is 424. The molecule has 1 aromatic heterocycles. The lowest BCUT2D eigenvalue weighted by Gasteiger charge is -2.12. The molecule has 0 bridgehead atoms. The average Bonchev–Trinajstić information content (AvgIpc) is 2.65. The van der Waals surface area contributed by atoms with Gasteiger partial charge in [-0.1, -0.05) is 0 Å². The van der Waals surface area contributed by atoms with Crippen molar-refractivity contribution >= 4 is 11.6 Å². The van der Waals surface area contributed by atoms with Gasteiger partial charge in [-0.15, -0.1) is 0 Å². The van der Waals surface area contributed by atoms with Gasteiger partial charge in [0, 0.05) is 19.2 Å². The maximum absolute atomic E-state index is 11.0. The molecule has 0 saturated carbocycles. The maximum Gasteiger partial charge on any atom is 0.222 e. The molecule has 1 amide bonds. The Kier molecular flexibility index (Phi) is 2.50. The van der Waals surface area contributed by atoms with Crippen LogP contribution in [0.2, 0.25) is 0 Å². The third-order valence-corrected chi connectivity index (χ3v) is 2.28. The minimum Gasteiger partial charge on any atom is -0.378 e. The van der Waals surface area contributed by atoms with Crippen LogP contribution in [0, 0.1) is 11.3 Å². The van der Waals surface area contributed by atoms with E-state index in [9.17, 15) is 4.79 Å². The Balaban J connectivity index is 2.11. The predicted octanol–water partition coefficient (Wildman–Crippen LogP) is 0.254. The number of pyridine rings is 1. The quantitative estimate of drug-likeness (QED) is 0.720. The van der Waals surface area contributed by atoms with Gasteiger partial charge in [0.05, 0.1) is 23.5 Å². The molecular formula is C10H10N4O. The molecule has 0 spiro atoms. The van der Waals surface area contributed by atoms with Crippen molar-refractivity contribution in [2.45, 2.75) is 12.5 Å². The van der Waals surface area contributed by atoms with Crippen LogP contribution in [-0.4, -0.2) is 23.5 Å². The van der Waals surface area contributed by atoms with Crippen LogP contribution < -0.4 is 10.6 Å². The van der Waals surface area contributed by atoms with Gasteiger partial charge in [0.1, 0.15) is 6.07 Å². The first-order valence-electron chi connectivity index (χ1n) is 4.67. The van der Waals surface area contributed by atoms with Gasteiger partial charge in [-0.05, 0) is 6.07 Å². The van der Waals surface area contributed by atoms with Gasteiger partial charge in [0.25, 0.3) is 0 Å². The maximum atomic E-state index is 11.0. The SMILES string of the molecule is N#Cc1ccncc1NC1CNC(=O)C1. The fraction of sp³-hybridized carbons (Fsp3) is 0.300. The zero-order chi connectivity index (χ0) is 10.7. The van der Waals surface area contributed by atoms with Crippen LogP contribution in [0.5, 0.6) is 0 Å². The summed E-state index contributed by atoms with van der Waals surface area (Å²) < 4.78 is 0. The van der Waals surface area contributed by atoms with E-state index in [0.29, 0.717) is 24.2 Å². The van der Waals surface area contributed by atoms with Gasteiger partial charge in [-0.25, -0.2) is 0 Å². The molecular weight excluding hydrogens is 192 g/mol. The summed E-state index contributed by atoms with van der Waals surface area (Å²) in [6.07, 6.45) is 3.61. The Morgan fingerprint density at radius 1 is 1.67 bits per heavy atom. The van der Waals surface area contributed by atoms with Crippen molar-refractivity contribution in [3.05, 3.63) is 24.0 Å². The number of amides is 1. The van der Waals surface area contributed by atoms with E-state index >= 15 is 0 Å². The van der Waals surface area contributed by atoms with Gasteiger partial charge in [-0.2, -0.15) is 5.26 Å². The van der Waals surface area contributed by atoms with Crippen LogP contribution in [-0.2, 0) is 4.79 Å². The minimum absolute atomic E-state index is 0.0369. The molecule has 76 valence electrons. The Morgan fingerprint density at radius 2 is 2.53 bits per heavy atom. The van der Waals surface area contributed by atoms with Gasteiger partial charge < -0.3 is 10.6 Å². The highest BCUT2D eigenvalue weighted by atomic mass is 16.1. The topological polar surface area (TPSA) is 77.8 Å². The predicted molar refractivity (Wildman–Crippen MR) is 54.0 cm³/mol. The highest BCUT2D eigenvalue weighted by Crippen LogP contribution is 2.15. The summed E-state index contributed by atoms with van der Waals surface area (Å²) in [6, 6.07) is 3.77. The molecule has 5 nitrogen and oxygen atoms in total. The van der Waals surface area contributed by atoms with Crippen molar-refractivity contribution in [3.8, 4) is 6.07 Å². The van der Waals surface area contributed by atoms with Crippen LogP contribution in [0.1, 0.15) is 12.0 Å². The highest BCUT2D eigenvalue weighted by Gasteiger charge is 2.21. The lowest BCUT2D eigenvalue weighted by molar-refractivity contribution is -0.119. The first-order valence-corrected chi connectivity index (χ1v) is 4.67. The molecule has 1 atom stereocenters. The minimum atomic E-state index is 0.0369. The van der Waals surface area contributed by atoms with E-state index in [4.69, 9.17) is 5.26 Å². The van der Waals surface area contributed by atoms with Crippen LogP contribution in [0.15, 0.2) is 18.5 Å². The number of anilines is 1.